The molecule has 0 saturated carbocycles. The minimum absolute atomic E-state index is 0.00943. The first kappa shape index (κ1) is 21.5. The van der Waals surface area contributed by atoms with Gasteiger partial charge in [-0.2, -0.15) is 0 Å². The molecule has 32 heavy (non-hydrogen) atoms. The summed E-state index contributed by atoms with van der Waals surface area (Å²) in [4.78, 5) is 27.4. The van der Waals surface area contributed by atoms with Crippen molar-refractivity contribution < 1.29 is 23.1 Å². The summed E-state index contributed by atoms with van der Waals surface area (Å²) < 4.78 is 32.4. The molecule has 2 amide bonds. The van der Waals surface area contributed by atoms with Gasteiger partial charge >= 0.3 is 0 Å². The second-order valence-electron chi connectivity index (χ2n) is 7.13. The van der Waals surface area contributed by atoms with Gasteiger partial charge in [0, 0.05) is 11.8 Å². The van der Waals surface area contributed by atoms with Gasteiger partial charge in [-0.1, -0.05) is 41.4 Å². The number of amides is 2. The molecule has 4 rings (SSSR count). The highest BCUT2D eigenvalue weighted by Gasteiger charge is 2.40. The van der Waals surface area contributed by atoms with Crippen LogP contribution < -0.4 is 15.0 Å². The maximum absolute atomic E-state index is 13.8. The van der Waals surface area contributed by atoms with E-state index in [4.69, 9.17) is 16.3 Å². The molecule has 0 aliphatic carbocycles. The molecule has 3 aromatic rings. The molecule has 0 fully saturated rings. The first-order chi connectivity index (χ1) is 15.3. The second-order valence-corrected chi connectivity index (χ2v) is 7.54. The normalized spacial score (nSPS) is 13.7. The van der Waals surface area contributed by atoms with Crippen LogP contribution in [-0.2, 0) is 9.59 Å². The van der Waals surface area contributed by atoms with E-state index in [0.29, 0.717) is 22.0 Å². The predicted molar refractivity (Wildman–Crippen MR) is 119 cm³/mol. The summed E-state index contributed by atoms with van der Waals surface area (Å²) in [5.74, 6) is -3.16. The number of aryl methyl sites for hydroxylation is 1. The molecule has 0 bridgehead atoms. The molecule has 0 spiro atoms. The Balaban J connectivity index is 1.81. The average molecular weight is 455 g/mol. The molecule has 1 aliphatic rings. The topological polar surface area (TPSA) is 58.6 Å². The van der Waals surface area contributed by atoms with Crippen LogP contribution in [0.2, 0.25) is 5.02 Å². The Morgan fingerprint density at radius 1 is 0.906 bits per heavy atom. The molecule has 0 saturated heterocycles. The number of halogens is 3. The number of nitrogens with zero attached hydrogens (tertiary/aromatic N) is 1. The molecule has 0 atom stereocenters. The SMILES string of the molecule is COc1ccc(NC2=C(c3ccc(C)cc3)C(=O)N(c3ccc(F)c(F)c3)C2=O)cc1Cl. The molecule has 8 heteroatoms. The monoisotopic (exact) mass is 454 g/mol. The number of hydrogen-bond donors (Lipinski definition) is 1. The molecular weight excluding hydrogens is 438 g/mol. The number of hydrogen-bond acceptors (Lipinski definition) is 4. The summed E-state index contributed by atoms with van der Waals surface area (Å²) in [6.45, 7) is 1.89. The van der Waals surface area contributed by atoms with Crippen molar-refractivity contribution in [3.8, 4) is 5.75 Å². The van der Waals surface area contributed by atoms with E-state index in [1.165, 1.54) is 13.2 Å². The Hall–Kier alpha value is -3.71. The number of ether oxygens (including phenoxy) is 1. The van der Waals surface area contributed by atoms with Crippen LogP contribution in [-0.4, -0.2) is 18.9 Å². The molecule has 0 radical (unpaired) electrons. The van der Waals surface area contributed by atoms with Crippen molar-refractivity contribution in [2.75, 3.05) is 17.3 Å². The van der Waals surface area contributed by atoms with Crippen LogP contribution in [0.25, 0.3) is 5.57 Å². The number of benzene rings is 3. The van der Waals surface area contributed by atoms with Crippen LogP contribution in [0.15, 0.2) is 66.4 Å². The number of methoxy groups -OCH3 is 1. The minimum atomic E-state index is -1.16. The van der Waals surface area contributed by atoms with E-state index in [9.17, 15) is 18.4 Å². The van der Waals surface area contributed by atoms with Crippen molar-refractivity contribution in [3.63, 3.8) is 0 Å². The fraction of sp³-hybridized carbons (Fsp3) is 0.0833. The number of carbonyl (C=O) groups is 2. The van der Waals surface area contributed by atoms with Crippen LogP contribution in [0.5, 0.6) is 5.75 Å². The van der Waals surface area contributed by atoms with E-state index in [1.807, 2.05) is 19.1 Å². The van der Waals surface area contributed by atoms with Gasteiger partial charge in [-0.25, -0.2) is 13.7 Å². The van der Waals surface area contributed by atoms with Gasteiger partial charge in [0.05, 0.1) is 23.4 Å². The van der Waals surface area contributed by atoms with Gasteiger partial charge in [0.1, 0.15) is 11.4 Å². The fourth-order valence-corrected chi connectivity index (χ4v) is 3.64. The third-order valence-corrected chi connectivity index (χ3v) is 5.30. The average Bonchev–Trinajstić information content (AvgIpc) is 3.00. The summed E-state index contributed by atoms with van der Waals surface area (Å²) in [7, 11) is 1.48. The number of rotatable bonds is 5. The zero-order chi connectivity index (χ0) is 23.0. The van der Waals surface area contributed by atoms with Crippen molar-refractivity contribution >= 4 is 40.4 Å². The van der Waals surface area contributed by atoms with Gasteiger partial charge in [-0.3, -0.25) is 9.59 Å². The van der Waals surface area contributed by atoms with Gasteiger partial charge in [-0.05, 0) is 42.8 Å². The van der Waals surface area contributed by atoms with E-state index >= 15 is 0 Å². The fourth-order valence-electron chi connectivity index (χ4n) is 3.38. The highest BCUT2D eigenvalue weighted by atomic mass is 35.5. The number of nitrogens with one attached hydrogen (secondary N) is 1. The Kier molecular flexibility index (Phi) is 5.67. The molecule has 0 unspecified atom stereocenters. The third-order valence-electron chi connectivity index (χ3n) is 5.01. The quantitative estimate of drug-likeness (QED) is 0.529. The van der Waals surface area contributed by atoms with Crippen molar-refractivity contribution in [3.05, 3.63) is 94.1 Å². The van der Waals surface area contributed by atoms with E-state index in [-0.39, 0.29) is 17.0 Å². The van der Waals surface area contributed by atoms with Crippen LogP contribution >= 0.6 is 11.6 Å². The van der Waals surface area contributed by atoms with Gasteiger partial charge in [-0.15, -0.1) is 0 Å². The lowest BCUT2D eigenvalue weighted by Crippen LogP contribution is -2.32. The maximum Gasteiger partial charge on any atom is 0.282 e. The van der Waals surface area contributed by atoms with Crippen LogP contribution in [0.1, 0.15) is 11.1 Å². The number of imide groups is 1. The summed E-state index contributed by atoms with van der Waals surface area (Å²) in [5, 5.41) is 3.27. The van der Waals surface area contributed by atoms with Crippen molar-refractivity contribution in [2.45, 2.75) is 6.92 Å². The lowest BCUT2D eigenvalue weighted by Gasteiger charge is -2.16. The summed E-state index contributed by atoms with van der Waals surface area (Å²) in [6.07, 6.45) is 0. The van der Waals surface area contributed by atoms with Gasteiger partial charge in [0.15, 0.2) is 11.6 Å². The zero-order valence-electron chi connectivity index (χ0n) is 17.1. The van der Waals surface area contributed by atoms with Gasteiger partial charge < -0.3 is 10.1 Å². The van der Waals surface area contributed by atoms with Crippen LogP contribution in [0.3, 0.4) is 0 Å². The maximum atomic E-state index is 13.8. The standard InChI is InChI=1S/C24H17ClF2N2O3/c1-13-3-5-14(6-4-13)21-22(28-15-7-10-20(32-2)17(25)11-15)24(31)29(23(21)30)16-8-9-18(26)19(27)12-16/h3-12,28H,1-2H3. The molecule has 1 heterocycles. The minimum Gasteiger partial charge on any atom is -0.495 e. The number of anilines is 2. The Morgan fingerprint density at radius 2 is 1.62 bits per heavy atom. The van der Waals surface area contributed by atoms with Crippen LogP contribution in [0, 0.1) is 18.6 Å². The second kappa shape index (κ2) is 8.43. The third kappa shape index (κ3) is 3.83. The Bertz CT molecular complexity index is 1270. The molecule has 0 aromatic heterocycles. The molecule has 5 nitrogen and oxygen atoms in total. The molecule has 1 N–H and O–H groups in total. The predicted octanol–water partition coefficient (Wildman–Crippen LogP) is 5.33. The molecule has 3 aromatic carbocycles. The lowest BCUT2D eigenvalue weighted by atomic mass is 10.0. The smallest absolute Gasteiger partial charge is 0.282 e. The lowest BCUT2D eigenvalue weighted by molar-refractivity contribution is -0.120. The first-order valence-corrected chi connectivity index (χ1v) is 9.93. The van der Waals surface area contributed by atoms with Crippen molar-refractivity contribution in [1.82, 2.24) is 0 Å². The first-order valence-electron chi connectivity index (χ1n) is 9.56. The highest BCUT2D eigenvalue weighted by molar-refractivity contribution is 6.46. The van der Waals surface area contributed by atoms with Gasteiger partial charge in [0.2, 0.25) is 0 Å². The summed E-state index contributed by atoms with van der Waals surface area (Å²) in [5.41, 5.74) is 1.94. The Morgan fingerprint density at radius 3 is 2.25 bits per heavy atom. The number of carbonyl (C=O) groups excluding carboxylic acids is 2. The largest absolute Gasteiger partial charge is 0.495 e. The zero-order valence-corrected chi connectivity index (χ0v) is 17.8. The van der Waals surface area contributed by atoms with Crippen LogP contribution in [0.4, 0.5) is 20.2 Å². The Labute approximate surface area is 187 Å². The van der Waals surface area contributed by atoms with Crippen molar-refractivity contribution in [2.24, 2.45) is 0 Å². The summed E-state index contributed by atoms with van der Waals surface area (Å²) >= 11 is 6.19. The molecular formula is C24H17ClF2N2O3. The molecule has 1 aliphatic heterocycles. The van der Waals surface area contributed by atoms with E-state index < -0.39 is 23.4 Å². The van der Waals surface area contributed by atoms with Gasteiger partial charge in [0.25, 0.3) is 11.8 Å². The summed E-state index contributed by atoms with van der Waals surface area (Å²) in [6, 6.07) is 14.7. The van der Waals surface area contributed by atoms with E-state index in [2.05, 4.69) is 5.32 Å². The van der Waals surface area contributed by atoms with Crippen molar-refractivity contribution in [1.29, 1.82) is 0 Å². The van der Waals surface area contributed by atoms with E-state index in [1.54, 1.807) is 30.3 Å². The van der Waals surface area contributed by atoms with E-state index in [0.717, 1.165) is 22.6 Å². The molecule has 162 valence electrons. The highest BCUT2D eigenvalue weighted by Crippen LogP contribution is 2.35.